The number of anilines is 1. The van der Waals surface area contributed by atoms with Crippen LogP contribution in [0.5, 0.6) is 5.75 Å². The van der Waals surface area contributed by atoms with E-state index < -0.39 is 12.3 Å². The highest BCUT2D eigenvalue weighted by Crippen LogP contribution is 2.33. The standard InChI is InChI=1S/C17H20N2O7/c1-10-14(25-16(20)23-4)19(12-6-8-13(22-3)9-7-12)15(11(2)18-10)26-17(21)24-5/h6-9,18H,1-5H3. The Morgan fingerprint density at radius 1 is 0.846 bits per heavy atom. The molecule has 1 N–H and O–H groups in total. The average Bonchev–Trinajstić information content (AvgIpc) is 2.65. The first-order chi connectivity index (χ1) is 12.4. The maximum atomic E-state index is 11.7. The van der Waals surface area contributed by atoms with E-state index in [1.807, 2.05) is 0 Å². The molecule has 1 aromatic carbocycles. The third-order valence-electron chi connectivity index (χ3n) is 3.45. The van der Waals surface area contributed by atoms with Gasteiger partial charge in [0.05, 0.1) is 38.4 Å². The monoisotopic (exact) mass is 364 g/mol. The first-order valence-corrected chi connectivity index (χ1v) is 7.55. The molecule has 1 aliphatic rings. The van der Waals surface area contributed by atoms with Gasteiger partial charge in [-0.25, -0.2) is 14.5 Å². The number of allylic oxidation sites excluding steroid dienone is 2. The molecule has 9 nitrogen and oxygen atoms in total. The second-order valence-corrected chi connectivity index (χ2v) is 5.13. The highest BCUT2D eigenvalue weighted by molar-refractivity contribution is 5.69. The van der Waals surface area contributed by atoms with Gasteiger partial charge >= 0.3 is 12.3 Å². The molecule has 0 spiro atoms. The number of rotatable bonds is 4. The summed E-state index contributed by atoms with van der Waals surface area (Å²) in [5.41, 5.74) is 1.59. The zero-order valence-corrected chi connectivity index (χ0v) is 15.1. The number of ether oxygens (including phenoxy) is 5. The van der Waals surface area contributed by atoms with Crippen LogP contribution in [0.25, 0.3) is 0 Å². The van der Waals surface area contributed by atoms with Gasteiger partial charge in [0.1, 0.15) is 5.75 Å². The van der Waals surface area contributed by atoms with Crippen molar-refractivity contribution < 1.29 is 33.3 Å². The van der Waals surface area contributed by atoms with E-state index >= 15 is 0 Å². The van der Waals surface area contributed by atoms with Crippen LogP contribution in [0.4, 0.5) is 15.3 Å². The maximum Gasteiger partial charge on any atom is 0.514 e. The van der Waals surface area contributed by atoms with Gasteiger partial charge in [0.25, 0.3) is 0 Å². The molecular formula is C17H20N2O7. The fourth-order valence-corrected chi connectivity index (χ4v) is 2.27. The molecule has 0 saturated carbocycles. The highest BCUT2D eigenvalue weighted by Gasteiger charge is 2.32. The van der Waals surface area contributed by atoms with Crippen molar-refractivity contribution in [1.82, 2.24) is 5.32 Å². The van der Waals surface area contributed by atoms with Crippen molar-refractivity contribution in [3.63, 3.8) is 0 Å². The Bertz CT molecular complexity index is 713. The first kappa shape index (κ1) is 19.0. The molecule has 1 heterocycles. The van der Waals surface area contributed by atoms with Gasteiger partial charge in [-0.3, -0.25) is 0 Å². The van der Waals surface area contributed by atoms with Gasteiger partial charge in [0.15, 0.2) is 0 Å². The van der Waals surface area contributed by atoms with E-state index in [1.54, 1.807) is 45.2 Å². The van der Waals surface area contributed by atoms with Gasteiger partial charge in [0, 0.05) is 0 Å². The Hall–Kier alpha value is -3.36. The molecule has 1 aliphatic heterocycles. The largest absolute Gasteiger partial charge is 0.514 e. The number of nitrogens with zero attached hydrogens (tertiary/aromatic N) is 1. The number of carbonyl (C=O) groups excluding carboxylic acids is 2. The van der Waals surface area contributed by atoms with E-state index in [-0.39, 0.29) is 11.8 Å². The van der Waals surface area contributed by atoms with E-state index in [2.05, 4.69) is 14.8 Å². The van der Waals surface area contributed by atoms with Crippen LogP contribution in [0.2, 0.25) is 0 Å². The predicted octanol–water partition coefficient (Wildman–Crippen LogP) is 3.05. The molecular weight excluding hydrogens is 344 g/mol. The van der Waals surface area contributed by atoms with Crippen LogP contribution in [0.15, 0.2) is 47.4 Å². The molecule has 26 heavy (non-hydrogen) atoms. The zero-order valence-electron chi connectivity index (χ0n) is 15.1. The van der Waals surface area contributed by atoms with Gasteiger partial charge in [-0.2, -0.15) is 0 Å². The van der Waals surface area contributed by atoms with Gasteiger partial charge in [-0.05, 0) is 38.1 Å². The minimum absolute atomic E-state index is 0.0894. The Labute approximate surface area is 150 Å². The quantitative estimate of drug-likeness (QED) is 0.809. The summed E-state index contributed by atoms with van der Waals surface area (Å²) in [5, 5.41) is 2.99. The summed E-state index contributed by atoms with van der Waals surface area (Å²) in [6.07, 6.45) is -1.84. The van der Waals surface area contributed by atoms with E-state index in [0.29, 0.717) is 22.8 Å². The van der Waals surface area contributed by atoms with Crippen LogP contribution >= 0.6 is 0 Å². The summed E-state index contributed by atoms with van der Waals surface area (Å²) in [5.74, 6) is 0.814. The van der Waals surface area contributed by atoms with Crippen LogP contribution in [0.3, 0.4) is 0 Å². The molecule has 2 rings (SSSR count). The summed E-state index contributed by atoms with van der Waals surface area (Å²) >= 11 is 0. The molecule has 1 aromatic rings. The molecule has 0 atom stereocenters. The highest BCUT2D eigenvalue weighted by atomic mass is 16.7. The fraction of sp³-hybridized carbons (Fsp3) is 0.294. The Kier molecular flexibility index (Phi) is 5.94. The van der Waals surface area contributed by atoms with Gasteiger partial charge < -0.3 is 29.0 Å². The predicted molar refractivity (Wildman–Crippen MR) is 91.0 cm³/mol. The summed E-state index contributed by atoms with van der Waals surface area (Å²) in [4.78, 5) is 24.8. The van der Waals surface area contributed by atoms with Crippen LogP contribution < -0.4 is 15.0 Å². The van der Waals surface area contributed by atoms with Crippen molar-refractivity contribution in [2.75, 3.05) is 26.2 Å². The number of methoxy groups -OCH3 is 3. The molecule has 0 unspecified atom stereocenters. The van der Waals surface area contributed by atoms with E-state index in [0.717, 1.165) is 0 Å². The van der Waals surface area contributed by atoms with Gasteiger partial charge in [-0.15, -0.1) is 0 Å². The molecule has 0 fully saturated rings. The Morgan fingerprint density at radius 3 is 1.69 bits per heavy atom. The van der Waals surface area contributed by atoms with Gasteiger partial charge in [0.2, 0.25) is 11.8 Å². The fourth-order valence-electron chi connectivity index (χ4n) is 2.27. The molecule has 0 aromatic heterocycles. The minimum atomic E-state index is -0.920. The van der Waals surface area contributed by atoms with Crippen molar-refractivity contribution >= 4 is 18.0 Å². The van der Waals surface area contributed by atoms with E-state index in [1.165, 1.54) is 19.1 Å². The lowest BCUT2D eigenvalue weighted by molar-refractivity contribution is 0.0832. The van der Waals surface area contributed by atoms with Crippen LogP contribution in [-0.2, 0) is 18.9 Å². The summed E-state index contributed by atoms with van der Waals surface area (Å²) in [6, 6.07) is 6.86. The second-order valence-electron chi connectivity index (χ2n) is 5.13. The second kappa shape index (κ2) is 8.15. The summed E-state index contributed by atoms with van der Waals surface area (Å²) in [7, 11) is 3.93. The maximum absolute atomic E-state index is 11.7. The molecule has 0 saturated heterocycles. The lowest BCUT2D eigenvalue weighted by atomic mass is 10.2. The zero-order chi connectivity index (χ0) is 19.3. The minimum Gasteiger partial charge on any atom is -0.497 e. The average molecular weight is 364 g/mol. The lowest BCUT2D eigenvalue weighted by Gasteiger charge is -2.33. The van der Waals surface area contributed by atoms with Crippen molar-refractivity contribution in [2.24, 2.45) is 0 Å². The van der Waals surface area contributed by atoms with Crippen molar-refractivity contribution in [3.8, 4) is 5.75 Å². The molecule has 0 bridgehead atoms. The molecule has 140 valence electrons. The Balaban J connectivity index is 2.52. The van der Waals surface area contributed by atoms with Crippen molar-refractivity contribution in [1.29, 1.82) is 0 Å². The van der Waals surface area contributed by atoms with Gasteiger partial charge in [-0.1, -0.05) is 0 Å². The SMILES string of the molecule is COC(=O)OC1=C(C)NC(C)=C(OC(=O)OC)N1c1ccc(OC)cc1. The van der Waals surface area contributed by atoms with E-state index in [4.69, 9.17) is 14.2 Å². The molecule has 0 radical (unpaired) electrons. The van der Waals surface area contributed by atoms with Crippen molar-refractivity contribution in [2.45, 2.75) is 13.8 Å². The van der Waals surface area contributed by atoms with E-state index in [9.17, 15) is 9.59 Å². The molecule has 0 amide bonds. The smallest absolute Gasteiger partial charge is 0.497 e. The molecule has 0 aliphatic carbocycles. The third kappa shape index (κ3) is 4.00. The lowest BCUT2D eigenvalue weighted by Crippen LogP contribution is -2.37. The normalized spacial score (nSPS) is 13.8. The third-order valence-corrected chi connectivity index (χ3v) is 3.45. The number of hydrogen-bond donors (Lipinski definition) is 1. The van der Waals surface area contributed by atoms with Crippen LogP contribution in [-0.4, -0.2) is 33.6 Å². The summed E-state index contributed by atoms with van der Waals surface area (Å²) < 4.78 is 24.8. The van der Waals surface area contributed by atoms with Crippen LogP contribution in [0.1, 0.15) is 13.8 Å². The Morgan fingerprint density at radius 2 is 1.31 bits per heavy atom. The number of benzene rings is 1. The topological polar surface area (TPSA) is 95.6 Å². The summed E-state index contributed by atoms with van der Waals surface area (Å²) in [6.45, 7) is 3.40. The number of nitrogens with one attached hydrogen (secondary N) is 1. The van der Waals surface area contributed by atoms with Crippen molar-refractivity contribution in [3.05, 3.63) is 47.4 Å². The van der Waals surface area contributed by atoms with Crippen LogP contribution in [0, 0.1) is 0 Å². The number of hydrogen-bond acceptors (Lipinski definition) is 9. The first-order valence-electron chi connectivity index (χ1n) is 7.55. The number of carbonyl (C=O) groups is 2. The molecule has 9 heteroatoms.